The van der Waals surface area contributed by atoms with Crippen molar-refractivity contribution in [2.75, 3.05) is 6.26 Å². The third kappa shape index (κ3) is 4.08. The fourth-order valence-electron chi connectivity index (χ4n) is 0.974. The molecule has 1 heterocycles. The molecule has 0 bridgehead atoms. The molecule has 15 heavy (non-hydrogen) atoms. The summed E-state index contributed by atoms with van der Waals surface area (Å²) in [7, 11) is -3.15. The number of rotatable bonds is 4. The fourth-order valence-corrected chi connectivity index (χ4v) is 1.56. The standard InChI is InChI=1S/C8H11N3O3S/c1-6(4-9)3-8-10-7(11-14-8)5-15(2,12)13/h6H,3,5H2,1-2H3. The summed E-state index contributed by atoms with van der Waals surface area (Å²) in [6.07, 6.45) is 1.44. The van der Waals surface area contributed by atoms with E-state index in [1.54, 1.807) is 6.92 Å². The van der Waals surface area contributed by atoms with E-state index in [2.05, 4.69) is 10.1 Å². The van der Waals surface area contributed by atoms with E-state index in [9.17, 15) is 8.42 Å². The maximum Gasteiger partial charge on any atom is 0.227 e. The minimum absolute atomic E-state index is 0.137. The number of hydrogen-bond acceptors (Lipinski definition) is 6. The first-order valence-electron chi connectivity index (χ1n) is 4.29. The molecule has 0 saturated carbocycles. The molecule has 1 aromatic rings. The van der Waals surface area contributed by atoms with Crippen LogP contribution in [0.2, 0.25) is 0 Å². The summed E-state index contributed by atoms with van der Waals surface area (Å²) in [5.74, 6) is -0.0332. The predicted octanol–water partition coefficient (Wildman–Crippen LogP) is 0.316. The van der Waals surface area contributed by atoms with E-state index >= 15 is 0 Å². The van der Waals surface area contributed by atoms with Crippen molar-refractivity contribution in [1.29, 1.82) is 5.26 Å². The summed E-state index contributed by atoms with van der Waals surface area (Å²) in [4.78, 5) is 3.88. The second-order valence-electron chi connectivity index (χ2n) is 3.41. The highest BCUT2D eigenvalue weighted by Crippen LogP contribution is 2.07. The van der Waals surface area contributed by atoms with Gasteiger partial charge < -0.3 is 4.52 Å². The Morgan fingerprint density at radius 2 is 2.27 bits per heavy atom. The van der Waals surface area contributed by atoms with Crippen LogP contribution in [-0.2, 0) is 22.0 Å². The molecule has 1 aromatic heterocycles. The molecule has 6 nitrogen and oxygen atoms in total. The molecule has 0 N–H and O–H groups in total. The zero-order valence-electron chi connectivity index (χ0n) is 8.47. The second-order valence-corrected chi connectivity index (χ2v) is 5.55. The van der Waals surface area contributed by atoms with Crippen LogP contribution >= 0.6 is 0 Å². The van der Waals surface area contributed by atoms with E-state index in [0.29, 0.717) is 12.3 Å². The van der Waals surface area contributed by atoms with E-state index in [-0.39, 0.29) is 17.5 Å². The molecule has 7 heteroatoms. The quantitative estimate of drug-likeness (QED) is 0.737. The molecule has 82 valence electrons. The summed E-state index contributed by atoms with van der Waals surface area (Å²) >= 11 is 0. The van der Waals surface area contributed by atoms with Gasteiger partial charge in [-0.15, -0.1) is 0 Å². The molecule has 0 aliphatic heterocycles. The first-order valence-corrected chi connectivity index (χ1v) is 6.35. The van der Waals surface area contributed by atoms with Crippen LogP contribution in [0.25, 0.3) is 0 Å². The number of nitrogens with zero attached hydrogens (tertiary/aromatic N) is 3. The molecular weight excluding hydrogens is 218 g/mol. The van der Waals surface area contributed by atoms with Crippen LogP contribution in [0.1, 0.15) is 18.6 Å². The van der Waals surface area contributed by atoms with Gasteiger partial charge in [-0.05, 0) is 6.92 Å². The van der Waals surface area contributed by atoms with Crippen molar-refractivity contribution in [3.8, 4) is 6.07 Å². The lowest BCUT2D eigenvalue weighted by atomic mass is 10.1. The lowest BCUT2D eigenvalue weighted by Gasteiger charge is -1.93. The average Bonchev–Trinajstić information content (AvgIpc) is 2.49. The van der Waals surface area contributed by atoms with Crippen LogP contribution in [-0.4, -0.2) is 24.8 Å². The maximum absolute atomic E-state index is 10.9. The number of sulfone groups is 1. The molecule has 0 aromatic carbocycles. The van der Waals surface area contributed by atoms with Gasteiger partial charge in [0.1, 0.15) is 5.75 Å². The summed E-state index contributed by atoms with van der Waals surface area (Å²) < 4.78 is 26.6. The molecule has 0 amide bonds. The van der Waals surface area contributed by atoms with Gasteiger partial charge in [0, 0.05) is 12.7 Å². The second kappa shape index (κ2) is 4.40. The number of aromatic nitrogens is 2. The molecule has 1 unspecified atom stereocenters. The monoisotopic (exact) mass is 229 g/mol. The normalized spacial score (nSPS) is 13.4. The summed E-state index contributed by atoms with van der Waals surface area (Å²) in [6.45, 7) is 1.72. The Hall–Kier alpha value is -1.42. The highest BCUT2D eigenvalue weighted by Gasteiger charge is 2.13. The maximum atomic E-state index is 10.9. The molecule has 0 saturated heterocycles. The Kier molecular flexibility index (Phi) is 3.42. The number of hydrogen-bond donors (Lipinski definition) is 0. The third-order valence-corrected chi connectivity index (χ3v) is 2.39. The molecular formula is C8H11N3O3S. The van der Waals surface area contributed by atoms with Crippen molar-refractivity contribution in [3.63, 3.8) is 0 Å². The van der Waals surface area contributed by atoms with Gasteiger partial charge in [0.2, 0.25) is 5.89 Å². The Balaban J connectivity index is 2.70. The van der Waals surface area contributed by atoms with Crippen LogP contribution in [0, 0.1) is 17.2 Å². The third-order valence-electron chi connectivity index (χ3n) is 1.60. The van der Waals surface area contributed by atoms with Gasteiger partial charge in [-0.3, -0.25) is 0 Å². The molecule has 1 rings (SSSR count). The lowest BCUT2D eigenvalue weighted by molar-refractivity contribution is 0.365. The minimum atomic E-state index is -3.15. The first kappa shape index (κ1) is 11.7. The smallest absolute Gasteiger partial charge is 0.227 e. The van der Waals surface area contributed by atoms with Gasteiger partial charge in [0.05, 0.1) is 12.0 Å². The van der Waals surface area contributed by atoms with Crippen LogP contribution in [0.3, 0.4) is 0 Å². The first-order chi connectivity index (χ1) is 6.90. The van der Waals surface area contributed by atoms with Crippen molar-refractivity contribution >= 4 is 9.84 Å². The molecule has 0 aliphatic rings. The van der Waals surface area contributed by atoms with Crippen LogP contribution in [0.4, 0.5) is 0 Å². The summed E-state index contributed by atoms with van der Waals surface area (Å²) in [5, 5.41) is 12.1. The number of nitriles is 1. The largest absolute Gasteiger partial charge is 0.339 e. The summed E-state index contributed by atoms with van der Waals surface area (Å²) in [5.41, 5.74) is 0. The van der Waals surface area contributed by atoms with E-state index in [1.807, 2.05) is 6.07 Å². The van der Waals surface area contributed by atoms with Gasteiger partial charge in [0.25, 0.3) is 0 Å². The fraction of sp³-hybridized carbons (Fsp3) is 0.625. The van der Waals surface area contributed by atoms with Gasteiger partial charge in [-0.2, -0.15) is 10.2 Å². The van der Waals surface area contributed by atoms with Crippen molar-refractivity contribution in [2.45, 2.75) is 19.1 Å². The van der Waals surface area contributed by atoms with Crippen molar-refractivity contribution in [3.05, 3.63) is 11.7 Å². The van der Waals surface area contributed by atoms with E-state index < -0.39 is 9.84 Å². The Morgan fingerprint density at radius 3 is 2.80 bits per heavy atom. The van der Waals surface area contributed by atoms with Gasteiger partial charge in [-0.1, -0.05) is 5.16 Å². The van der Waals surface area contributed by atoms with Crippen LogP contribution in [0.5, 0.6) is 0 Å². The highest BCUT2D eigenvalue weighted by atomic mass is 32.2. The van der Waals surface area contributed by atoms with Gasteiger partial charge in [-0.25, -0.2) is 8.42 Å². The van der Waals surface area contributed by atoms with Gasteiger partial charge >= 0.3 is 0 Å². The Morgan fingerprint density at radius 1 is 1.60 bits per heavy atom. The molecule has 1 atom stereocenters. The molecule has 0 spiro atoms. The zero-order valence-corrected chi connectivity index (χ0v) is 9.28. The molecule has 0 fully saturated rings. The Labute approximate surface area is 87.8 Å². The lowest BCUT2D eigenvalue weighted by Crippen LogP contribution is -2.03. The SMILES string of the molecule is CC(C#N)Cc1nc(CS(C)(=O)=O)no1. The van der Waals surface area contributed by atoms with E-state index in [1.165, 1.54) is 0 Å². The zero-order chi connectivity index (χ0) is 11.5. The van der Waals surface area contributed by atoms with Crippen molar-refractivity contribution < 1.29 is 12.9 Å². The minimum Gasteiger partial charge on any atom is -0.339 e. The predicted molar refractivity (Wildman–Crippen MR) is 51.3 cm³/mol. The molecule has 0 radical (unpaired) electrons. The van der Waals surface area contributed by atoms with Crippen LogP contribution in [0.15, 0.2) is 4.52 Å². The molecule has 0 aliphatic carbocycles. The summed E-state index contributed by atoms with van der Waals surface area (Å²) in [6, 6.07) is 2.02. The van der Waals surface area contributed by atoms with Gasteiger partial charge in [0.15, 0.2) is 15.7 Å². The van der Waals surface area contributed by atoms with E-state index in [4.69, 9.17) is 9.78 Å². The topological polar surface area (TPSA) is 96.8 Å². The highest BCUT2D eigenvalue weighted by molar-refractivity contribution is 7.89. The van der Waals surface area contributed by atoms with E-state index in [0.717, 1.165) is 6.26 Å². The van der Waals surface area contributed by atoms with Crippen molar-refractivity contribution in [1.82, 2.24) is 10.1 Å². The average molecular weight is 229 g/mol. The Bertz CT molecular complexity index is 472. The van der Waals surface area contributed by atoms with Crippen LogP contribution < -0.4 is 0 Å². The van der Waals surface area contributed by atoms with Crippen molar-refractivity contribution in [2.24, 2.45) is 5.92 Å².